The third-order valence-corrected chi connectivity index (χ3v) is 6.83. The minimum Gasteiger partial charge on any atom is -0.436 e. The average molecular weight is 621 g/mol. The molecule has 1 N–H and O–H groups in total. The van der Waals surface area contributed by atoms with Crippen molar-refractivity contribution in [2.24, 2.45) is 0 Å². The molecule has 0 fully saturated rings. The zero-order valence-electron chi connectivity index (χ0n) is 25.4. The van der Waals surface area contributed by atoms with Crippen molar-refractivity contribution in [1.82, 2.24) is 23.9 Å². The van der Waals surface area contributed by atoms with Crippen LogP contribution in [0, 0.1) is 11.6 Å². The molecule has 3 amide bonds. The van der Waals surface area contributed by atoms with E-state index in [0.29, 0.717) is 16.9 Å². The van der Waals surface area contributed by atoms with Gasteiger partial charge in [0.15, 0.2) is 6.10 Å². The van der Waals surface area contributed by atoms with E-state index < -0.39 is 29.5 Å². The summed E-state index contributed by atoms with van der Waals surface area (Å²) in [5.74, 6) is -1.36. The number of ether oxygens (including phenoxy) is 1. The van der Waals surface area contributed by atoms with Crippen LogP contribution in [-0.4, -0.2) is 76.1 Å². The Kier molecular flexibility index (Phi) is 10.4. The monoisotopic (exact) mass is 620 g/mol. The highest BCUT2D eigenvalue weighted by Crippen LogP contribution is 2.20. The van der Waals surface area contributed by atoms with E-state index in [0.717, 1.165) is 5.56 Å². The maximum Gasteiger partial charge on any atom is 0.410 e. The Morgan fingerprint density at radius 2 is 1.69 bits per heavy atom. The summed E-state index contributed by atoms with van der Waals surface area (Å²) < 4.78 is 36.0. The van der Waals surface area contributed by atoms with Crippen LogP contribution in [0.3, 0.4) is 0 Å². The highest BCUT2D eigenvalue weighted by Gasteiger charge is 2.25. The molecule has 2 heterocycles. The number of carbonyl (C=O) groups is 3. The lowest BCUT2D eigenvalue weighted by molar-refractivity contribution is -0.125. The standard InChI is InChI=1S/C32H34F2N6O5/c1-37(2)29(41)10-6-5-9-27(45-32(44)38(3)4)30(42)36-24-8-7-17-39(31(24)43)20-28-35-25-18-23(34)15-16-26(25)40(28)19-21-11-13-22(33)14-12-21/h6-8,10-18,27H,5,9,19-20H2,1-4H3,(H,36,42)/b10-6+/t27-/m0/s1. The number of pyridine rings is 1. The Labute approximate surface area is 258 Å². The van der Waals surface area contributed by atoms with Gasteiger partial charge in [0.2, 0.25) is 5.91 Å². The van der Waals surface area contributed by atoms with Gasteiger partial charge in [0.05, 0.1) is 17.6 Å². The molecule has 4 aromatic rings. The van der Waals surface area contributed by atoms with E-state index >= 15 is 0 Å². The Hall–Kier alpha value is -5.33. The number of amides is 3. The van der Waals surface area contributed by atoms with Gasteiger partial charge in [-0.1, -0.05) is 18.2 Å². The largest absolute Gasteiger partial charge is 0.436 e. The van der Waals surface area contributed by atoms with Crippen LogP contribution in [0.1, 0.15) is 24.2 Å². The number of allylic oxidation sites excluding steroid dienone is 1. The molecule has 0 aliphatic carbocycles. The highest BCUT2D eigenvalue weighted by atomic mass is 19.1. The van der Waals surface area contributed by atoms with Crippen LogP contribution in [0.25, 0.3) is 11.0 Å². The zero-order valence-corrected chi connectivity index (χ0v) is 25.4. The minimum absolute atomic E-state index is 0.0240. The maximum atomic E-state index is 14.0. The van der Waals surface area contributed by atoms with E-state index in [9.17, 15) is 28.0 Å². The number of halogens is 2. The summed E-state index contributed by atoms with van der Waals surface area (Å²) in [5.41, 5.74) is 1.18. The fourth-order valence-corrected chi connectivity index (χ4v) is 4.40. The molecule has 0 unspecified atom stereocenters. The van der Waals surface area contributed by atoms with Gasteiger partial charge in [-0.15, -0.1) is 0 Å². The Balaban J connectivity index is 1.58. The molecule has 0 saturated carbocycles. The van der Waals surface area contributed by atoms with Gasteiger partial charge in [0, 0.05) is 47.0 Å². The van der Waals surface area contributed by atoms with Gasteiger partial charge in [-0.05, 0) is 60.9 Å². The lowest BCUT2D eigenvalue weighted by Gasteiger charge is -2.20. The van der Waals surface area contributed by atoms with Crippen LogP contribution in [0.2, 0.25) is 0 Å². The fourth-order valence-electron chi connectivity index (χ4n) is 4.40. The van der Waals surface area contributed by atoms with Crippen molar-refractivity contribution >= 4 is 34.6 Å². The molecule has 2 aromatic carbocycles. The van der Waals surface area contributed by atoms with Crippen LogP contribution < -0.4 is 10.9 Å². The molecular formula is C32H34F2N6O5. The predicted molar refractivity (Wildman–Crippen MR) is 165 cm³/mol. The summed E-state index contributed by atoms with van der Waals surface area (Å²) in [6, 6.07) is 13.1. The van der Waals surface area contributed by atoms with Gasteiger partial charge in [0.1, 0.15) is 23.1 Å². The predicted octanol–water partition coefficient (Wildman–Crippen LogP) is 4.00. The first kappa shape index (κ1) is 32.6. The number of nitrogens with zero attached hydrogens (tertiary/aromatic N) is 5. The number of fused-ring (bicyclic) bond motifs is 1. The topological polar surface area (TPSA) is 119 Å². The normalized spacial score (nSPS) is 11.9. The number of rotatable bonds is 11. The fraction of sp³-hybridized carbons (Fsp3) is 0.281. The van der Waals surface area contributed by atoms with E-state index in [-0.39, 0.29) is 43.3 Å². The molecule has 0 aliphatic rings. The zero-order chi connectivity index (χ0) is 32.7. The molecule has 0 spiro atoms. The van der Waals surface area contributed by atoms with E-state index in [1.165, 1.54) is 71.1 Å². The minimum atomic E-state index is -1.25. The molecule has 0 bridgehead atoms. The number of carbonyl (C=O) groups excluding carboxylic acids is 3. The smallest absolute Gasteiger partial charge is 0.410 e. The first-order valence-electron chi connectivity index (χ1n) is 14.1. The number of anilines is 1. The van der Waals surface area contributed by atoms with E-state index in [1.807, 2.05) is 4.57 Å². The second-order valence-electron chi connectivity index (χ2n) is 10.7. The summed E-state index contributed by atoms with van der Waals surface area (Å²) in [4.78, 5) is 57.9. The van der Waals surface area contributed by atoms with Crippen LogP contribution in [0.15, 0.2) is 77.7 Å². The molecule has 11 nitrogen and oxygen atoms in total. The maximum absolute atomic E-state index is 14.0. The molecular weight excluding hydrogens is 586 g/mol. The third-order valence-electron chi connectivity index (χ3n) is 6.83. The molecule has 0 saturated heterocycles. The van der Waals surface area contributed by atoms with Gasteiger partial charge >= 0.3 is 6.09 Å². The van der Waals surface area contributed by atoms with Gasteiger partial charge < -0.3 is 29.0 Å². The first-order valence-corrected chi connectivity index (χ1v) is 14.1. The lowest BCUT2D eigenvalue weighted by Crippen LogP contribution is -2.37. The summed E-state index contributed by atoms with van der Waals surface area (Å²) >= 11 is 0. The highest BCUT2D eigenvalue weighted by molar-refractivity contribution is 5.95. The van der Waals surface area contributed by atoms with Crippen molar-refractivity contribution in [3.05, 3.63) is 106 Å². The SMILES string of the molecule is CN(C)C(=O)/C=C/CC[C@H](OC(=O)N(C)C)C(=O)Nc1cccn(Cc2nc3cc(F)ccc3n2Cc2ccc(F)cc2)c1=O. The number of nitrogens with one attached hydrogen (secondary N) is 1. The number of hydrogen-bond acceptors (Lipinski definition) is 6. The number of benzene rings is 2. The Morgan fingerprint density at radius 1 is 0.978 bits per heavy atom. The van der Waals surface area contributed by atoms with E-state index in [1.54, 1.807) is 44.4 Å². The van der Waals surface area contributed by atoms with Crippen LogP contribution in [0.5, 0.6) is 0 Å². The molecule has 1 atom stereocenters. The number of hydrogen-bond donors (Lipinski definition) is 1. The summed E-state index contributed by atoms with van der Waals surface area (Å²) in [7, 11) is 6.16. The molecule has 2 aromatic heterocycles. The van der Waals surface area contributed by atoms with E-state index in [4.69, 9.17) is 4.74 Å². The van der Waals surface area contributed by atoms with Crippen LogP contribution in [0.4, 0.5) is 19.3 Å². The summed E-state index contributed by atoms with van der Waals surface area (Å²) in [6.07, 6.45) is 2.78. The molecule has 4 rings (SSSR count). The van der Waals surface area contributed by atoms with Crippen molar-refractivity contribution in [2.45, 2.75) is 32.0 Å². The number of imidazole rings is 1. The average Bonchev–Trinajstić information content (AvgIpc) is 3.32. The van der Waals surface area contributed by atoms with Crippen molar-refractivity contribution < 1.29 is 27.9 Å². The van der Waals surface area contributed by atoms with Gasteiger partial charge in [-0.2, -0.15) is 0 Å². The quantitative estimate of drug-likeness (QED) is 0.253. The van der Waals surface area contributed by atoms with Crippen molar-refractivity contribution in [3.63, 3.8) is 0 Å². The van der Waals surface area contributed by atoms with Gasteiger partial charge in [-0.25, -0.2) is 18.6 Å². The Bertz CT molecular complexity index is 1780. The van der Waals surface area contributed by atoms with Gasteiger partial charge in [0.25, 0.3) is 11.5 Å². The van der Waals surface area contributed by atoms with Crippen molar-refractivity contribution in [3.8, 4) is 0 Å². The number of aromatic nitrogens is 3. The van der Waals surface area contributed by atoms with Crippen molar-refractivity contribution in [1.29, 1.82) is 0 Å². The Morgan fingerprint density at radius 3 is 2.38 bits per heavy atom. The first-order chi connectivity index (χ1) is 21.4. The second-order valence-corrected chi connectivity index (χ2v) is 10.7. The second kappa shape index (κ2) is 14.4. The third kappa shape index (κ3) is 8.40. The summed E-state index contributed by atoms with van der Waals surface area (Å²) in [6.45, 7) is 0.264. The molecule has 0 aliphatic heterocycles. The van der Waals surface area contributed by atoms with Gasteiger partial charge in [-0.3, -0.25) is 14.4 Å². The summed E-state index contributed by atoms with van der Waals surface area (Å²) in [5, 5.41) is 2.56. The van der Waals surface area contributed by atoms with Crippen LogP contribution >= 0.6 is 0 Å². The molecule has 236 valence electrons. The molecule has 13 heteroatoms. The lowest BCUT2D eigenvalue weighted by atomic mass is 10.1. The molecule has 0 radical (unpaired) electrons. The van der Waals surface area contributed by atoms with Crippen molar-refractivity contribution in [2.75, 3.05) is 33.5 Å². The van der Waals surface area contributed by atoms with Crippen LogP contribution in [-0.2, 0) is 27.4 Å². The van der Waals surface area contributed by atoms with E-state index in [2.05, 4.69) is 10.3 Å². The number of likely N-dealkylation sites (N-methyl/N-ethyl adjacent to an activating group) is 1. The molecule has 45 heavy (non-hydrogen) atoms.